The first-order valence-corrected chi connectivity index (χ1v) is 7.53. The molecule has 4 rings (SSSR count). The number of benzene rings is 2. The summed E-state index contributed by atoms with van der Waals surface area (Å²) < 4.78 is 0. The molecule has 0 saturated carbocycles. The smallest absolute Gasteiger partial charge is 0.146 e. The van der Waals surface area contributed by atoms with Crippen LogP contribution in [0.3, 0.4) is 0 Å². The Bertz CT molecular complexity index is 1060. The maximum absolute atomic E-state index is 9.87. The number of nitrogens with one attached hydrogen (secondary N) is 1. The number of phenols is 1. The van der Waals surface area contributed by atoms with Crippen LogP contribution in [0.25, 0.3) is 21.8 Å². The van der Waals surface area contributed by atoms with E-state index in [1.807, 2.05) is 48.5 Å². The van der Waals surface area contributed by atoms with Crippen molar-refractivity contribution in [2.24, 2.45) is 5.10 Å². The van der Waals surface area contributed by atoms with Crippen LogP contribution >= 0.6 is 0 Å². The monoisotopic (exact) mass is 314 g/mol. The van der Waals surface area contributed by atoms with Crippen LogP contribution in [0.4, 0.5) is 5.82 Å². The van der Waals surface area contributed by atoms with Crippen LogP contribution < -0.4 is 5.43 Å². The molecule has 24 heavy (non-hydrogen) atoms. The highest BCUT2D eigenvalue weighted by Gasteiger charge is 2.04. The second-order valence-electron chi connectivity index (χ2n) is 5.33. The Morgan fingerprint density at radius 1 is 0.958 bits per heavy atom. The van der Waals surface area contributed by atoms with E-state index in [4.69, 9.17) is 0 Å². The van der Waals surface area contributed by atoms with Gasteiger partial charge in [0, 0.05) is 22.5 Å². The fourth-order valence-corrected chi connectivity index (χ4v) is 2.59. The van der Waals surface area contributed by atoms with Crippen molar-refractivity contribution in [1.29, 1.82) is 0 Å². The van der Waals surface area contributed by atoms with E-state index in [0.29, 0.717) is 11.3 Å². The van der Waals surface area contributed by atoms with Crippen molar-refractivity contribution in [1.82, 2.24) is 9.97 Å². The maximum atomic E-state index is 9.87. The lowest BCUT2D eigenvalue weighted by Gasteiger charge is -2.04. The van der Waals surface area contributed by atoms with Crippen molar-refractivity contribution < 1.29 is 5.11 Å². The van der Waals surface area contributed by atoms with E-state index in [2.05, 4.69) is 20.5 Å². The van der Waals surface area contributed by atoms with Crippen molar-refractivity contribution in [3.05, 3.63) is 72.4 Å². The quantitative estimate of drug-likeness (QED) is 0.444. The lowest BCUT2D eigenvalue weighted by molar-refractivity contribution is 0.480. The van der Waals surface area contributed by atoms with Gasteiger partial charge in [0.15, 0.2) is 0 Å². The summed E-state index contributed by atoms with van der Waals surface area (Å²) in [4.78, 5) is 8.70. The van der Waals surface area contributed by atoms with Crippen LogP contribution in [0, 0.1) is 0 Å². The minimum Gasteiger partial charge on any atom is -0.506 e. The van der Waals surface area contributed by atoms with E-state index in [1.54, 1.807) is 24.5 Å². The van der Waals surface area contributed by atoms with Crippen LogP contribution in [-0.4, -0.2) is 21.3 Å². The fraction of sp³-hybridized carbons (Fsp3) is 0. The molecule has 4 aromatic rings. The Morgan fingerprint density at radius 2 is 1.88 bits per heavy atom. The van der Waals surface area contributed by atoms with Gasteiger partial charge < -0.3 is 5.11 Å². The Morgan fingerprint density at radius 3 is 2.83 bits per heavy atom. The summed E-state index contributed by atoms with van der Waals surface area (Å²) >= 11 is 0. The summed E-state index contributed by atoms with van der Waals surface area (Å²) in [6, 6.07) is 19.0. The second kappa shape index (κ2) is 5.96. The lowest BCUT2D eigenvalue weighted by Crippen LogP contribution is -1.94. The predicted octanol–water partition coefficient (Wildman–Crippen LogP) is 3.93. The van der Waals surface area contributed by atoms with Crippen molar-refractivity contribution in [3.8, 4) is 5.75 Å². The number of fused-ring (bicyclic) bond motifs is 2. The van der Waals surface area contributed by atoms with E-state index >= 15 is 0 Å². The number of hydrogen-bond donors (Lipinski definition) is 2. The molecule has 2 heterocycles. The molecule has 0 saturated heterocycles. The molecule has 0 bridgehead atoms. The van der Waals surface area contributed by atoms with Gasteiger partial charge in [-0.05, 0) is 36.4 Å². The zero-order chi connectivity index (χ0) is 16.4. The highest BCUT2D eigenvalue weighted by Crippen LogP contribution is 2.24. The van der Waals surface area contributed by atoms with Crippen LogP contribution in [-0.2, 0) is 0 Å². The molecule has 0 fully saturated rings. The Labute approximate surface area is 138 Å². The largest absolute Gasteiger partial charge is 0.506 e. The molecule has 0 aliphatic heterocycles. The van der Waals surface area contributed by atoms with Gasteiger partial charge in [0.1, 0.15) is 17.1 Å². The summed E-state index contributed by atoms with van der Waals surface area (Å²) in [5, 5.41) is 16.0. The Hall–Kier alpha value is -3.47. The zero-order valence-electron chi connectivity index (χ0n) is 12.7. The number of rotatable bonds is 3. The Kier molecular flexibility index (Phi) is 3.51. The van der Waals surface area contributed by atoms with Crippen LogP contribution in [0.1, 0.15) is 5.56 Å². The molecular formula is C19H14N4O. The molecule has 0 amide bonds. The summed E-state index contributed by atoms with van der Waals surface area (Å²) in [7, 11) is 0. The molecule has 0 radical (unpaired) electrons. The SMILES string of the molecule is Oc1ccc(/C=N/Nc2ccc3ccccc3n2)c2cccnc12. The number of para-hydroxylation sites is 1. The fourth-order valence-electron chi connectivity index (χ4n) is 2.59. The number of hydrazone groups is 1. The first kappa shape index (κ1) is 14.1. The molecule has 0 aliphatic rings. The van der Waals surface area contributed by atoms with Crippen molar-refractivity contribution in [3.63, 3.8) is 0 Å². The van der Waals surface area contributed by atoms with Gasteiger partial charge in [0.05, 0.1) is 11.7 Å². The van der Waals surface area contributed by atoms with E-state index in [-0.39, 0.29) is 5.75 Å². The highest BCUT2D eigenvalue weighted by molar-refractivity contribution is 6.00. The van der Waals surface area contributed by atoms with Gasteiger partial charge in [-0.25, -0.2) is 4.98 Å². The summed E-state index contributed by atoms with van der Waals surface area (Å²) in [5.41, 5.74) is 5.28. The average Bonchev–Trinajstić information content (AvgIpc) is 2.64. The summed E-state index contributed by atoms with van der Waals surface area (Å²) in [6.07, 6.45) is 3.35. The average molecular weight is 314 g/mol. The first-order valence-electron chi connectivity index (χ1n) is 7.53. The standard InChI is InChI=1S/C19H14N4O/c24-17-9-7-14(15-5-3-11-20-19(15)17)12-21-23-18-10-8-13-4-1-2-6-16(13)22-18/h1-12,24H,(H,22,23)/b21-12+. The predicted molar refractivity (Wildman–Crippen MR) is 96.4 cm³/mol. The molecular weight excluding hydrogens is 300 g/mol. The van der Waals surface area contributed by atoms with Crippen LogP contribution in [0.5, 0.6) is 5.75 Å². The molecule has 0 spiro atoms. The summed E-state index contributed by atoms with van der Waals surface area (Å²) in [5.74, 6) is 0.832. The van der Waals surface area contributed by atoms with Gasteiger partial charge in [-0.15, -0.1) is 0 Å². The van der Waals surface area contributed by atoms with Gasteiger partial charge in [-0.3, -0.25) is 10.4 Å². The van der Waals surface area contributed by atoms with E-state index < -0.39 is 0 Å². The number of anilines is 1. The second-order valence-corrected chi connectivity index (χ2v) is 5.33. The third-order valence-corrected chi connectivity index (χ3v) is 3.76. The number of nitrogens with zero attached hydrogens (tertiary/aromatic N) is 3. The minimum atomic E-state index is 0.159. The topological polar surface area (TPSA) is 70.4 Å². The van der Waals surface area contributed by atoms with E-state index in [9.17, 15) is 5.11 Å². The molecule has 0 unspecified atom stereocenters. The molecule has 2 N–H and O–H groups in total. The van der Waals surface area contributed by atoms with Gasteiger partial charge in [0.2, 0.25) is 0 Å². The third kappa shape index (κ3) is 2.63. The number of aromatic nitrogens is 2. The van der Waals surface area contributed by atoms with Crippen molar-refractivity contribution in [2.75, 3.05) is 5.43 Å². The maximum Gasteiger partial charge on any atom is 0.146 e. The molecule has 2 aromatic carbocycles. The lowest BCUT2D eigenvalue weighted by atomic mass is 10.1. The van der Waals surface area contributed by atoms with Crippen molar-refractivity contribution >= 4 is 33.8 Å². The molecule has 5 heteroatoms. The molecule has 0 atom stereocenters. The van der Waals surface area contributed by atoms with Gasteiger partial charge in [-0.1, -0.05) is 24.3 Å². The zero-order valence-corrected chi connectivity index (χ0v) is 12.7. The van der Waals surface area contributed by atoms with E-state index in [0.717, 1.165) is 21.9 Å². The number of aromatic hydroxyl groups is 1. The first-order chi connectivity index (χ1) is 11.8. The number of hydrogen-bond acceptors (Lipinski definition) is 5. The Balaban J connectivity index is 1.62. The van der Waals surface area contributed by atoms with Crippen LogP contribution in [0.2, 0.25) is 0 Å². The molecule has 0 aliphatic carbocycles. The van der Waals surface area contributed by atoms with Crippen molar-refractivity contribution in [2.45, 2.75) is 0 Å². The molecule has 5 nitrogen and oxygen atoms in total. The van der Waals surface area contributed by atoms with E-state index in [1.165, 1.54) is 0 Å². The van der Waals surface area contributed by atoms with Crippen LogP contribution in [0.15, 0.2) is 72.0 Å². The van der Waals surface area contributed by atoms with Gasteiger partial charge >= 0.3 is 0 Å². The number of phenolic OH excluding ortho intramolecular Hbond substituents is 1. The summed E-state index contributed by atoms with van der Waals surface area (Å²) in [6.45, 7) is 0. The molecule has 116 valence electrons. The molecule has 2 aromatic heterocycles. The van der Waals surface area contributed by atoms with Gasteiger partial charge in [0.25, 0.3) is 0 Å². The minimum absolute atomic E-state index is 0.159. The third-order valence-electron chi connectivity index (χ3n) is 3.76. The highest BCUT2D eigenvalue weighted by atomic mass is 16.3. The normalized spacial score (nSPS) is 11.3. The number of pyridine rings is 2. The van der Waals surface area contributed by atoms with Gasteiger partial charge in [-0.2, -0.15) is 5.10 Å².